The largest absolute Gasteiger partial charge is 0.369 e. The van der Waals surface area contributed by atoms with Crippen molar-refractivity contribution in [3.05, 3.63) is 0 Å². The molecular formula is C22H32O4. The number of ether oxygens (including phenoxy) is 3. The van der Waals surface area contributed by atoms with Crippen molar-refractivity contribution < 1.29 is 19.0 Å². The van der Waals surface area contributed by atoms with Crippen LogP contribution in [0.4, 0.5) is 0 Å². The minimum absolute atomic E-state index is 0.127. The van der Waals surface area contributed by atoms with Gasteiger partial charge in [0.15, 0.2) is 5.79 Å². The number of rotatable bonds is 0. The van der Waals surface area contributed by atoms with Gasteiger partial charge in [-0.25, -0.2) is 0 Å². The normalized spacial score (nSPS) is 61.9. The topological polar surface area (TPSA) is 48.1 Å². The van der Waals surface area contributed by atoms with Crippen molar-refractivity contribution in [3.63, 3.8) is 0 Å². The van der Waals surface area contributed by atoms with Gasteiger partial charge in [-0.3, -0.25) is 4.79 Å². The fraction of sp³-hybridized carbons (Fsp3) is 0.955. The standard InChI is InChI=1S/C22H32O4/c1-20(2)25-18-15-11-5-6-14(23)21(11,3)9-7-12(15)22(4)10-8-13-17(24-13)16(22)19(18)26-20/h11-13,15-19H,5-10H2,1-4H3/t11-,12-,13+,15-,16+,17+,18+,19+,21-,22+/m0/s1. The van der Waals surface area contributed by atoms with E-state index in [-0.39, 0.29) is 23.0 Å². The average Bonchev–Trinajstić information content (AvgIpc) is 3.19. The summed E-state index contributed by atoms with van der Waals surface area (Å²) in [4.78, 5) is 12.8. The Morgan fingerprint density at radius 3 is 2.46 bits per heavy atom. The molecule has 0 radical (unpaired) electrons. The lowest BCUT2D eigenvalue weighted by Gasteiger charge is -2.61. The molecule has 2 aliphatic heterocycles. The van der Waals surface area contributed by atoms with Crippen LogP contribution in [0.1, 0.15) is 66.2 Å². The molecule has 0 amide bonds. The fourth-order valence-electron chi connectivity index (χ4n) is 8.28. The smallest absolute Gasteiger partial charge is 0.163 e. The van der Waals surface area contributed by atoms with E-state index < -0.39 is 5.79 Å². The van der Waals surface area contributed by atoms with Crippen LogP contribution in [0.25, 0.3) is 0 Å². The summed E-state index contributed by atoms with van der Waals surface area (Å²) in [7, 11) is 0. The lowest BCUT2D eigenvalue weighted by Crippen LogP contribution is -2.64. The maximum atomic E-state index is 12.8. The first kappa shape index (κ1) is 16.5. The summed E-state index contributed by atoms with van der Waals surface area (Å²) in [5.74, 6) is 2.00. The second kappa shape index (κ2) is 4.75. The van der Waals surface area contributed by atoms with Crippen molar-refractivity contribution in [2.45, 2.75) is 96.4 Å². The Labute approximate surface area is 156 Å². The molecule has 0 unspecified atom stereocenters. The number of hydrogen-bond donors (Lipinski definition) is 0. The van der Waals surface area contributed by atoms with Gasteiger partial charge in [-0.1, -0.05) is 13.8 Å². The molecule has 144 valence electrons. The molecule has 2 heterocycles. The van der Waals surface area contributed by atoms with Gasteiger partial charge in [0.25, 0.3) is 0 Å². The SMILES string of the molecule is CC1(C)O[C@H]2[C@H](O1)[C@H]1[C@@H]3O[C@@H]3CC[C@]1(C)[C@H]1CC[C@]3(C)C(=O)CC[C@H]3[C@H]21. The van der Waals surface area contributed by atoms with Crippen LogP contribution >= 0.6 is 0 Å². The minimum atomic E-state index is -0.524. The van der Waals surface area contributed by atoms with Gasteiger partial charge in [0, 0.05) is 17.8 Å². The summed E-state index contributed by atoms with van der Waals surface area (Å²) in [6.07, 6.45) is 7.58. The molecule has 4 nitrogen and oxygen atoms in total. The zero-order valence-electron chi connectivity index (χ0n) is 16.5. The van der Waals surface area contributed by atoms with Crippen LogP contribution in [-0.4, -0.2) is 36.0 Å². The highest BCUT2D eigenvalue weighted by Crippen LogP contribution is 2.69. The average molecular weight is 360 g/mol. The molecule has 26 heavy (non-hydrogen) atoms. The molecule has 0 aromatic rings. The number of ketones is 1. The van der Waals surface area contributed by atoms with E-state index in [1.54, 1.807) is 0 Å². The van der Waals surface area contributed by atoms with Crippen molar-refractivity contribution in [3.8, 4) is 0 Å². The van der Waals surface area contributed by atoms with Gasteiger partial charge in [-0.05, 0) is 69.1 Å². The Bertz CT molecular complexity index is 673. The molecule has 6 aliphatic rings. The van der Waals surface area contributed by atoms with Gasteiger partial charge in [0.2, 0.25) is 0 Å². The van der Waals surface area contributed by atoms with E-state index in [2.05, 4.69) is 27.7 Å². The number of carbonyl (C=O) groups excluding carboxylic acids is 1. The molecule has 0 aromatic heterocycles. The lowest BCUT2D eigenvalue weighted by atomic mass is 9.44. The second-order valence-corrected chi connectivity index (χ2v) is 11.0. The molecule has 6 fully saturated rings. The minimum Gasteiger partial charge on any atom is -0.369 e. The highest BCUT2D eigenvalue weighted by atomic mass is 16.8. The summed E-state index contributed by atoms with van der Waals surface area (Å²) in [5.41, 5.74) is 0.137. The number of Topliss-reactive ketones (excluding diaryl/α,β-unsaturated/α-hetero) is 1. The molecule has 6 rings (SSSR count). The van der Waals surface area contributed by atoms with Crippen LogP contribution < -0.4 is 0 Å². The quantitative estimate of drug-likeness (QED) is 0.618. The van der Waals surface area contributed by atoms with Gasteiger partial charge >= 0.3 is 0 Å². The fourth-order valence-corrected chi connectivity index (χ4v) is 8.28. The van der Waals surface area contributed by atoms with Crippen LogP contribution in [0.5, 0.6) is 0 Å². The number of hydrogen-bond acceptors (Lipinski definition) is 4. The Morgan fingerprint density at radius 2 is 1.65 bits per heavy atom. The molecule has 0 N–H and O–H groups in total. The summed E-state index contributed by atoms with van der Waals surface area (Å²) >= 11 is 0. The maximum absolute atomic E-state index is 12.8. The van der Waals surface area contributed by atoms with Gasteiger partial charge in [0.05, 0.1) is 24.4 Å². The Kier molecular flexibility index (Phi) is 3.01. The van der Waals surface area contributed by atoms with E-state index in [4.69, 9.17) is 14.2 Å². The van der Waals surface area contributed by atoms with E-state index >= 15 is 0 Å². The van der Waals surface area contributed by atoms with Crippen LogP contribution in [0.2, 0.25) is 0 Å². The Hall–Kier alpha value is -0.450. The van der Waals surface area contributed by atoms with E-state index in [0.29, 0.717) is 41.7 Å². The van der Waals surface area contributed by atoms with Crippen molar-refractivity contribution >= 4 is 5.78 Å². The lowest BCUT2D eigenvalue weighted by molar-refractivity contribution is -0.175. The third-order valence-electron chi connectivity index (χ3n) is 9.49. The molecule has 0 bridgehead atoms. The maximum Gasteiger partial charge on any atom is 0.163 e. The number of fused-ring (bicyclic) bond motifs is 10. The number of carbonyl (C=O) groups is 1. The predicted octanol–water partition coefficient (Wildman–Crippen LogP) is 3.72. The highest BCUT2D eigenvalue weighted by molar-refractivity contribution is 5.87. The molecule has 0 aromatic carbocycles. The first-order chi connectivity index (χ1) is 12.2. The molecule has 4 saturated carbocycles. The van der Waals surface area contributed by atoms with Crippen molar-refractivity contribution in [2.75, 3.05) is 0 Å². The molecule has 10 atom stereocenters. The van der Waals surface area contributed by atoms with Crippen LogP contribution in [0.3, 0.4) is 0 Å². The van der Waals surface area contributed by atoms with E-state index in [9.17, 15) is 4.79 Å². The Morgan fingerprint density at radius 1 is 0.885 bits per heavy atom. The van der Waals surface area contributed by atoms with E-state index in [1.807, 2.05) is 0 Å². The molecule has 0 spiro atoms. The molecular weight excluding hydrogens is 328 g/mol. The molecule has 2 saturated heterocycles. The van der Waals surface area contributed by atoms with Crippen molar-refractivity contribution in [2.24, 2.45) is 34.5 Å². The Balaban J connectivity index is 1.47. The first-order valence-electron chi connectivity index (χ1n) is 10.8. The first-order valence-corrected chi connectivity index (χ1v) is 10.8. The van der Waals surface area contributed by atoms with Gasteiger partial charge in [-0.2, -0.15) is 0 Å². The zero-order valence-corrected chi connectivity index (χ0v) is 16.5. The van der Waals surface area contributed by atoms with Crippen LogP contribution in [0, 0.1) is 34.5 Å². The highest BCUT2D eigenvalue weighted by Gasteiger charge is 2.72. The van der Waals surface area contributed by atoms with E-state index in [1.165, 1.54) is 19.3 Å². The van der Waals surface area contributed by atoms with Gasteiger partial charge in [0.1, 0.15) is 5.78 Å². The molecule has 4 aliphatic carbocycles. The van der Waals surface area contributed by atoms with Crippen molar-refractivity contribution in [1.29, 1.82) is 0 Å². The van der Waals surface area contributed by atoms with Crippen molar-refractivity contribution in [1.82, 2.24) is 0 Å². The third-order valence-corrected chi connectivity index (χ3v) is 9.49. The van der Waals surface area contributed by atoms with E-state index in [0.717, 1.165) is 19.3 Å². The number of epoxide rings is 1. The van der Waals surface area contributed by atoms with Gasteiger partial charge in [-0.15, -0.1) is 0 Å². The molecule has 4 heteroatoms. The van der Waals surface area contributed by atoms with Crippen LogP contribution in [0.15, 0.2) is 0 Å². The van der Waals surface area contributed by atoms with Gasteiger partial charge < -0.3 is 14.2 Å². The summed E-state index contributed by atoms with van der Waals surface area (Å²) in [6, 6.07) is 0. The summed E-state index contributed by atoms with van der Waals surface area (Å²) < 4.78 is 19.2. The monoisotopic (exact) mass is 360 g/mol. The summed E-state index contributed by atoms with van der Waals surface area (Å²) in [5, 5.41) is 0. The van der Waals surface area contributed by atoms with Crippen LogP contribution in [-0.2, 0) is 19.0 Å². The second-order valence-electron chi connectivity index (χ2n) is 11.0. The summed E-state index contributed by atoms with van der Waals surface area (Å²) in [6.45, 7) is 8.88. The zero-order chi connectivity index (χ0) is 18.1. The predicted molar refractivity (Wildman–Crippen MR) is 95.4 cm³/mol. The third kappa shape index (κ3) is 1.85.